The first-order chi connectivity index (χ1) is 8.11. The fourth-order valence-corrected chi connectivity index (χ4v) is 2.13. The highest BCUT2D eigenvalue weighted by molar-refractivity contribution is 6.36. The highest BCUT2D eigenvalue weighted by atomic mass is 35.5. The minimum atomic E-state index is -0.0679. The Morgan fingerprint density at radius 1 is 1.18 bits per heavy atom. The van der Waals surface area contributed by atoms with E-state index in [2.05, 4.69) is 4.98 Å². The second-order valence-electron chi connectivity index (χ2n) is 3.74. The molecule has 2 aromatic rings. The molecule has 0 aliphatic rings. The van der Waals surface area contributed by atoms with E-state index in [0.29, 0.717) is 15.7 Å². The van der Waals surface area contributed by atoms with Crippen molar-refractivity contribution in [2.45, 2.75) is 13.5 Å². The number of hydrogen-bond acceptors (Lipinski definition) is 2. The maximum Gasteiger partial charge on any atom is 0.0775 e. The molecule has 1 N–H and O–H groups in total. The van der Waals surface area contributed by atoms with E-state index in [-0.39, 0.29) is 6.61 Å². The molecule has 1 aromatic carbocycles. The lowest BCUT2D eigenvalue weighted by molar-refractivity contribution is 0.282. The zero-order chi connectivity index (χ0) is 12.4. The number of benzene rings is 1. The summed E-state index contributed by atoms with van der Waals surface area (Å²) < 4.78 is 0. The number of aliphatic hydroxyl groups is 1. The van der Waals surface area contributed by atoms with Gasteiger partial charge in [0, 0.05) is 21.8 Å². The standard InChI is InChI=1S/C13H11Cl2NO/c1-8-2-3-9(7-17)13(16-8)11-5-4-10(14)6-12(11)15/h2-6,17H,7H2,1H3. The van der Waals surface area contributed by atoms with Gasteiger partial charge in [0.1, 0.15) is 0 Å². The summed E-state index contributed by atoms with van der Waals surface area (Å²) in [4.78, 5) is 4.42. The summed E-state index contributed by atoms with van der Waals surface area (Å²) in [5, 5.41) is 10.4. The highest BCUT2D eigenvalue weighted by Crippen LogP contribution is 2.31. The van der Waals surface area contributed by atoms with Gasteiger partial charge in [0.25, 0.3) is 0 Å². The van der Waals surface area contributed by atoms with E-state index in [1.165, 1.54) is 0 Å². The molecule has 1 heterocycles. The Morgan fingerprint density at radius 2 is 1.94 bits per heavy atom. The van der Waals surface area contributed by atoms with Crippen molar-refractivity contribution in [1.82, 2.24) is 4.98 Å². The van der Waals surface area contributed by atoms with E-state index in [0.717, 1.165) is 16.8 Å². The number of rotatable bonds is 2. The molecular formula is C13H11Cl2NO. The number of halogens is 2. The van der Waals surface area contributed by atoms with Crippen molar-refractivity contribution in [2.24, 2.45) is 0 Å². The van der Waals surface area contributed by atoms with Crippen molar-refractivity contribution < 1.29 is 5.11 Å². The van der Waals surface area contributed by atoms with Crippen molar-refractivity contribution in [2.75, 3.05) is 0 Å². The lowest BCUT2D eigenvalue weighted by Crippen LogP contribution is -1.95. The summed E-state index contributed by atoms with van der Waals surface area (Å²) in [7, 11) is 0. The molecule has 2 rings (SSSR count). The largest absolute Gasteiger partial charge is 0.392 e. The first-order valence-corrected chi connectivity index (χ1v) is 5.90. The van der Waals surface area contributed by atoms with E-state index in [1.807, 2.05) is 25.1 Å². The van der Waals surface area contributed by atoms with Crippen LogP contribution in [0, 0.1) is 6.92 Å². The molecule has 17 heavy (non-hydrogen) atoms. The van der Waals surface area contributed by atoms with E-state index in [4.69, 9.17) is 23.2 Å². The molecule has 0 saturated carbocycles. The van der Waals surface area contributed by atoms with Gasteiger partial charge in [-0.3, -0.25) is 4.98 Å². The zero-order valence-corrected chi connectivity index (χ0v) is 10.8. The van der Waals surface area contributed by atoms with Crippen LogP contribution in [-0.2, 0) is 6.61 Å². The molecule has 0 aliphatic heterocycles. The Balaban J connectivity index is 2.62. The Kier molecular flexibility index (Phi) is 3.67. The number of hydrogen-bond donors (Lipinski definition) is 1. The van der Waals surface area contributed by atoms with Crippen molar-refractivity contribution in [3.05, 3.63) is 51.6 Å². The summed E-state index contributed by atoms with van der Waals surface area (Å²) >= 11 is 12.0. The third-order valence-corrected chi connectivity index (χ3v) is 3.02. The second-order valence-corrected chi connectivity index (χ2v) is 4.59. The van der Waals surface area contributed by atoms with Gasteiger partial charge in [0.2, 0.25) is 0 Å². The minimum absolute atomic E-state index is 0.0679. The third-order valence-electron chi connectivity index (χ3n) is 2.47. The molecule has 0 fully saturated rings. The lowest BCUT2D eigenvalue weighted by Gasteiger charge is -2.09. The Labute approximate surface area is 110 Å². The second kappa shape index (κ2) is 5.05. The first-order valence-electron chi connectivity index (χ1n) is 5.14. The van der Waals surface area contributed by atoms with Gasteiger partial charge in [-0.25, -0.2) is 0 Å². The Morgan fingerprint density at radius 3 is 2.59 bits per heavy atom. The van der Waals surface area contributed by atoms with Crippen molar-refractivity contribution in [3.63, 3.8) is 0 Å². The van der Waals surface area contributed by atoms with Crippen LogP contribution in [0.25, 0.3) is 11.3 Å². The number of nitrogens with zero attached hydrogens (tertiary/aromatic N) is 1. The normalized spacial score (nSPS) is 10.6. The van der Waals surface area contributed by atoms with Crippen LogP contribution >= 0.6 is 23.2 Å². The van der Waals surface area contributed by atoms with Gasteiger partial charge in [-0.15, -0.1) is 0 Å². The van der Waals surface area contributed by atoms with Crippen LogP contribution in [0.15, 0.2) is 30.3 Å². The monoisotopic (exact) mass is 267 g/mol. The minimum Gasteiger partial charge on any atom is -0.392 e. The molecule has 0 aliphatic carbocycles. The quantitative estimate of drug-likeness (QED) is 0.897. The van der Waals surface area contributed by atoms with Crippen molar-refractivity contribution in [1.29, 1.82) is 0 Å². The predicted molar refractivity (Wildman–Crippen MR) is 70.4 cm³/mol. The van der Waals surface area contributed by atoms with Crippen LogP contribution in [0.1, 0.15) is 11.3 Å². The summed E-state index contributed by atoms with van der Waals surface area (Å²) in [5.41, 5.74) is 3.11. The van der Waals surface area contributed by atoms with Gasteiger partial charge < -0.3 is 5.11 Å². The Bertz CT molecular complexity index is 555. The molecule has 0 bridgehead atoms. The number of aromatic nitrogens is 1. The summed E-state index contributed by atoms with van der Waals surface area (Å²) in [6.45, 7) is 1.83. The van der Waals surface area contributed by atoms with E-state index >= 15 is 0 Å². The van der Waals surface area contributed by atoms with Crippen LogP contribution in [0.4, 0.5) is 0 Å². The molecule has 88 valence electrons. The molecule has 0 amide bonds. The Hall–Kier alpha value is -1.09. The number of aliphatic hydroxyl groups excluding tert-OH is 1. The average molecular weight is 268 g/mol. The van der Waals surface area contributed by atoms with Crippen LogP contribution < -0.4 is 0 Å². The SMILES string of the molecule is Cc1ccc(CO)c(-c2ccc(Cl)cc2Cl)n1. The van der Waals surface area contributed by atoms with Gasteiger partial charge in [-0.2, -0.15) is 0 Å². The molecule has 1 aromatic heterocycles. The summed E-state index contributed by atoms with van der Waals surface area (Å²) in [6.07, 6.45) is 0. The van der Waals surface area contributed by atoms with Gasteiger partial charge in [-0.1, -0.05) is 29.3 Å². The van der Waals surface area contributed by atoms with Gasteiger partial charge >= 0.3 is 0 Å². The van der Waals surface area contributed by atoms with E-state index in [9.17, 15) is 5.11 Å². The molecule has 0 spiro atoms. The summed E-state index contributed by atoms with van der Waals surface area (Å²) in [6, 6.07) is 8.95. The molecular weight excluding hydrogens is 257 g/mol. The van der Waals surface area contributed by atoms with Crippen LogP contribution in [0.5, 0.6) is 0 Å². The molecule has 0 atom stereocenters. The highest BCUT2D eigenvalue weighted by Gasteiger charge is 2.10. The fourth-order valence-electron chi connectivity index (χ4n) is 1.63. The topological polar surface area (TPSA) is 33.1 Å². The number of aryl methyl sites for hydroxylation is 1. The third kappa shape index (κ3) is 2.60. The first kappa shape index (κ1) is 12.4. The number of pyridine rings is 1. The molecule has 4 heteroatoms. The maximum atomic E-state index is 9.31. The van der Waals surface area contributed by atoms with Gasteiger partial charge in [0.05, 0.1) is 17.3 Å². The van der Waals surface area contributed by atoms with Crippen LogP contribution in [-0.4, -0.2) is 10.1 Å². The molecule has 2 nitrogen and oxygen atoms in total. The van der Waals surface area contributed by atoms with Crippen LogP contribution in [0.3, 0.4) is 0 Å². The maximum absolute atomic E-state index is 9.31. The van der Waals surface area contributed by atoms with Crippen molar-refractivity contribution >= 4 is 23.2 Å². The lowest BCUT2D eigenvalue weighted by atomic mass is 10.1. The van der Waals surface area contributed by atoms with E-state index in [1.54, 1.807) is 12.1 Å². The van der Waals surface area contributed by atoms with Gasteiger partial charge in [-0.05, 0) is 31.2 Å². The van der Waals surface area contributed by atoms with E-state index < -0.39 is 0 Å². The summed E-state index contributed by atoms with van der Waals surface area (Å²) in [5.74, 6) is 0. The average Bonchev–Trinajstić information content (AvgIpc) is 2.29. The predicted octanol–water partition coefficient (Wildman–Crippen LogP) is 3.86. The van der Waals surface area contributed by atoms with Crippen molar-refractivity contribution in [3.8, 4) is 11.3 Å². The van der Waals surface area contributed by atoms with Gasteiger partial charge in [0.15, 0.2) is 0 Å². The molecule has 0 unspecified atom stereocenters. The molecule has 0 saturated heterocycles. The van der Waals surface area contributed by atoms with Crippen LogP contribution in [0.2, 0.25) is 10.0 Å². The smallest absolute Gasteiger partial charge is 0.0775 e. The fraction of sp³-hybridized carbons (Fsp3) is 0.154. The molecule has 0 radical (unpaired) electrons. The zero-order valence-electron chi connectivity index (χ0n) is 9.24.